The zero-order valence-electron chi connectivity index (χ0n) is 11.1. The summed E-state index contributed by atoms with van der Waals surface area (Å²) < 4.78 is 30.9. The molecule has 2 heterocycles. The summed E-state index contributed by atoms with van der Waals surface area (Å²) in [6.07, 6.45) is 1.31. The second-order valence-electron chi connectivity index (χ2n) is 4.35. The van der Waals surface area contributed by atoms with E-state index in [9.17, 15) is 13.2 Å². The van der Waals surface area contributed by atoms with Gasteiger partial charge in [0.1, 0.15) is 17.2 Å². The molecule has 0 fully saturated rings. The Morgan fingerprint density at radius 3 is 2.76 bits per heavy atom. The van der Waals surface area contributed by atoms with E-state index in [0.717, 1.165) is 0 Å². The van der Waals surface area contributed by atoms with Gasteiger partial charge in [0.15, 0.2) is 0 Å². The lowest BCUT2D eigenvalue weighted by atomic mass is 10.2. The van der Waals surface area contributed by atoms with Gasteiger partial charge in [-0.05, 0) is 19.1 Å². The smallest absolute Gasteiger partial charge is 0.335 e. The minimum absolute atomic E-state index is 0.0475. The molecule has 0 aromatic carbocycles. The minimum atomic E-state index is -3.61. The van der Waals surface area contributed by atoms with Crippen molar-refractivity contribution in [3.63, 3.8) is 0 Å². The summed E-state index contributed by atoms with van der Waals surface area (Å²) in [5.74, 6) is -0.890. The van der Waals surface area contributed by atoms with Crippen molar-refractivity contribution in [2.45, 2.75) is 19.2 Å². The molecular formula is C12H13N3O5S. The van der Waals surface area contributed by atoms with Crippen LogP contribution >= 0.6 is 0 Å². The zero-order chi connectivity index (χ0) is 15.5. The van der Waals surface area contributed by atoms with Gasteiger partial charge in [-0.1, -0.05) is 5.16 Å². The Balaban J connectivity index is 2.01. The number of pyridine rings is 1. The van der Waals surface area contributed by atoms with Crippen LogP contribution in [-0.2, 0) is 22.3 Å². The topological polar surface area (TPSA) is 122 Å². The van der Waals surface area contributed by atoms with E-state index >= 15 is 0 Å². The number of sulfonamides is 1. The molecule has 0 aliphatic carbocycles. The van der Waals surface area contributed by atoms with Crippen LogP contribution in [0, 0.1) is 6.92 Å². The number of aromatic nitrogens is 2. The van der Waals surface area contributed by atoms with Gasteiger partial charge in [0.05, 0.1) is 17.8 Å². The minimum Gasteiger partial charge on any atom is -0.478 e. The van der Waals surface area contributed by atoms with Crippen LogP contribution in [0.1, 0.15) is 27.5 Å². The van der Waals surface area contributed by atoms with Gasteiger partial charge in [-0.15, -0.1) is 0 Å². The number of hydrogen-bond acceptors (Lipinski definition) is 6. The molecule has 0 amide bonds. The van der Waals surface area contributed by atoms with E-state index in [-0.39, 0.29) is 17.9 Å². The monoisotopic (exact) mass is 311 g/mol. The van der Waals surface area contributed by atoms with Crippen molar-refractivity contribution in [2.24, 2.45) is 0 Å². The Bertz CT molecular complexity index is 754. The molecule has 2 rings (SSSR count). The van der Waals surface area contributed by atoms with Crippen LogP contribution in [0.25, 0.3) is 0 Å². The number of nitrogens with one attached hydrogen (secondary N) is 1. The molecule has 2 N–H and O–H groups in total. The predicted molar refractivity (Wildman–Crippen MR) is 71.9 cm³/mol. The molecule has 0 aliphatic rings. The maximum atomic E-state index is 11.9. The lowest BCUT2D eigenvalue weighted by molar-refractivity contribution is 0.0696. The van der Waals surface area contributed by atoms with Crippen molar-refractivity contribution in [2.75, 3.05) is 0 Å². The highest BCUT2D eigenvalue weighted by molar-refractivity contribution is 7.88. The maximum absolute atomic E-state index is 11.9. The molecule has 21 heavy (non-hydrogen) atoms. The summed E-state index contributed by atoms with van der Waals surface area (Å²) in [5, 5.41) is 12.5. The van der Waals surface area contributed by atoms with Crippen molar-refractivity contribution >= 4 is 16.0 Å². The van der Waals surface area contributed by atoms with Crippen molar-refractivity contribution in [3.05, 3.63) is 47.1 Å². The molecule has 0 spiro atoms. The quantitative estimate of drug-likeness (QED) is 0.804. The van der Waals surface area contributed by atoms with Crippen LogP contribution in [0.4, 0.5) is 0 Å². The molecule has 2 aromatic rings. The Kier molecular flexibility index (Phi) is 4.34. The van der Waals surface area contributed by atoms with Crippen LogP contribution in [0.15, 0.2) is 28.9 Å². The molecule has 0 aliphatic heterocycles. The highest BCUT2D eigenvalue weighted by Crippen LogP contribution is 2.07. The third-order valence-corrected chi connectivity index (χ3v) is 3.81. The third-order valence-electron chi connectivity index (χ3n) is 2.55. The molecule has 0 atom stereocenters. The van der Waals surface area contributed by atoms with Gasteiger partial charge in [0, 0.05) is 12.3 Å². The first-order valence-corrected chi connectivity index (χ1v) is 7.59. The van der Waals surface area contributed by atoms with Gasteiger partial charge in [-0.3, -0.25) is 4.98 Å². The Labute approximate surface area is 120 Å². The number of nitrogens with zero attached hydrogens (tertiary/aromatic N) is 2. The molecule has 0 saturated carbocycles. The van der Waals surface area contributed by atoms with Gasteiger partial charge in [0.25, 0.3) is 0 Å². The Morgan fingerprint density at radius 2 is 2.14 bits per heavy atom. The molecular weight excluding hydrogens is 298 g/mol. The third kappa shape index (κ3) is 4.36. The first-order chi connectivity index (χ1) is 9.85. The van der Waals surface area contributed by atoms with Crippen molar-refractivity contribution in [1.29, 1.82) is 0 Å². The zero-order valence-corrected chi connectivity index (χ0v) is 11.9. The first-order valence-electron chi connectivity index (χ1n) is 5.93. The van der Waals surface area contributed by atoms with Crippen LogP contribution in [0.2, 0.25) is 0 Å². The average molecular weight is 311 g/mol. The number of hydrogen-bond donors (Lipinski definition) is 2. The predicted octanol–water partition coefficient (Wildman–Crippen LogP) is 0.696. The van der Waals surface area contributed by atoms with E-state index in [0.29, 0.717) is 17.1 Å². The van der Waals surface area contributed by atoms with Gasteiger partial charge in [-0.25, -0.2) is 17.9 Å². The number of carboxylic acids is 1. The second kappa shape index (κ2) is 6.02. The number of aromatic carboxylic acids is 1. The Morgan fingerprint density at radius 1 is 1.38 bits per heavy atom. The lowest BCUT2D eigenvalue weighted by Gasteiger charge is -2.05. The lowest BCUT2D eigenvalue weighted by Crippen LogP contribution is -2.25. The van der Waals surface area contributed by atoms with Crippen LogP contribution in [-0.4, -0.2) is 29.6 Å². The largest absolute Gasteiger partial charge is 0.478 e. The number of rotatable bonds is 6. The number of carboxylic acid groups (broad SMARTS) is 1. The number of aryl methyl sites for hydroxylation is 1. The summed E-state index contributed by atoms with van der Waals surface area (Å²) in [6, 6.07) is 4.17. The Hall–Kier alpha value is -2.26. The molecule has 8 nitrogen and oxygen atoms in total. The van der Waals surface area contributed by atoms with Crippen molar-refractivity contribution < 1.29 is 22.8 Å². The van der Waals surface area contributed by atoms with Crippen molar-refractivity contribution in [3.8, 4) is 0 Å². The fourth-order valence-electron chi connectivity index (χ4n) is 1.62. The standard InChI is InChI=1S/C12H13N3O5S/c1-8-4-11(15-20-8)7-21(18,19)14-6-10-5-9(12(16)17)2-3-13-10/h2-5,14H,6-7H2,1H3,(H,16,17). The molecule has 2 aromatic heterocycles. The highest BCUT2D eigenvalue weighted by Gasteiger charge is 2.15. The van der Waals surface area contributed by atoms with Gasteiger partial charge >= 0.3 is 5.97 Å². The summed E-state index contributed by atoms with van der Waals surface area (Å²) >= 11 is 0. The summed E-state index contributed by atoms with van der Waals surface area (Å²) in [6.45, 7) is 1.57. The van der Waals surface area contributed by atoms with Crippen LogP contribution in [0.5, 0.6) is 0 Å². The van der Waals surface area contributed by atoms with Crippen LogP contribution in [0.3, 0.4) is 0 Å². The first kappa shape index (κ1) is 15.1. The van der Waals surface area contributed by atoms with Gasteiger partial charge in [-0.2, -0.15) is 0 Å². The number of carbonyl (C=O) groups is 1. The van der Waals surface area contributed by atoms with E-state index in [1.165, 1.54) is 24.4 Å². The van der Waals surface area contributed by atoms with E-state index < -0.39 is 16.0 Å². The normalized spacial score (nSPS) is 11.5. The van der Waals surface area contributed by atoms with E-state index in [1.54, 1.807) is 6.92 Å². The molecule has 0 unspecified atom stereocenters. The summed E-state index contributed by atoms with van der Waals surface area (Å²) in [7, 11) is -3.61. The molecule has 112 valence electrons. The molecule has 9 heteroatoms. The molecule has 0 radical (unpaired) electrons. The average Bonchev–Trinajstić information content (AvgIpc) is 2.81. The van der Waals surface area contributed by atoms with E-state index in [1.807, 2.05) is 0 Å². The van der Waals surface area contributed by atoms with Crippen LogP contribution < -0.4 is 4.72 Å². The van der Waals surface area contributed by atoms with Gasteiger partial charge < -0.3 is 9.63 Å². The summed E-state index contributed by atoms with van der Waals surface area (Å²) in [4.78, 5) is 14.7. The van der Waals surface area contributed by atoms with Crippen molar-refractivity contribution in [1.82, 2.24) is 14.9 Å². The fraction of sp³-hybridized carbons (Fsp3) is 0.250. The SMILES string of the molecule is Cc1cc(CS(=O)(=O)NCc2cc(C(=O)O)ccn2)no1. The molecule has 0 bridgehead atoms. The van der Waals surface area contributed by atoms with E-state index in [4.69, 9.17) is 9.63 Å². The second-order valence-corrected chi connectivity index (χ2v) is 6.16. The van der Waals surface area contributed by atoms with E-state index in [2.05, 4.69) is 14.9 Å². The highest BCUT2D eigenvalue weighted by atomic mass is 32.2. The van der Waals surface area contributed by atoms with Gasteiger partial charge in [0.2, 0.25) is 10.0 Å². The summed E-state index contributed by atoms with van der Waals surface area (Å²) in [5.41, 5.74) is 0.661. The fourth-order valence-corrected chi connectivity index (χ4v) is 2.62. The molecule has 0 saturated heterocycles. The maximum Gasteiger partial charge on any atom is 0.335 e.